The maximum Gasteiger partial charge on any atom is 0.244 e. The molecule has 0 saturated heterocycles. The summed E-state index contributed by atoms with van der Waals surface area (Å²) in [5.41, 5.74) is 2.56. The van der Waals surface area contributed by atoms with Gasteiger partial charge in [-0.2, -0.15) is 0 Å². The van der Waals surface area contributed by atoms with Crippen molar-refractivity contribution < 1.29 is 4.79 Å². The summed E-state index contributed by atoms with van der Waals surface area (Å²) >= 11 is 0. The predicted molar refractivity (Wildman–Crippen MR) is 77.5 cm³/mol. The number of hydrazine groups is 1. The molecule has 4 N–H and O–H groups in total. The average Bonchev–Trinajstić information content (AvgIpc) is 2.91. The van der Waals surface area contributed by atoms with Crippen molar-refractivity contribution in [1.29, 1.82) is 0 Å². The number of nitrogens with two attached hydrogens (primary N) is 1. The number of guanidine groups is 1. The summed E-state index contributed by atoms with van der Waals surface area (Å²) < 4.78 is 0. The van der Waals surface area contributed by atoms with Gasteiger partial charge in [0.2, 0.25) is 11.9 Å². The maximum atomic E-state index is 12.1. The van der Waals surface area contributed by atoms with Crippen LogP contribution in [0, 0.1) is 0 Å². The third-order valence-corrected chi connectivity index (χ3v) is 3.57. The first kappa shape index (κ1) is 15.8. The number of rotatable bonds is 5. The molecule has 0 radical (unpaired) electrons. The molecule has 1 atom stereocenters. The summed E-state index contributed by atoms with van der Waals surface area (Å²) in [6.07, 6.45) is 4.65. The van der Waals surface area contributed by atoms with Crippen molar-refractivity contribution in [1.82, 2.24) is 15.6 Å². The Kier molecular flexibility index (Phi) is 6.62. The van der Waals surface area contributed by atoms with Crippen LogP contribution in [-0.4, -0.2) is 41.9 Å². The Morgan fingerprint density at radius 2 is 1.95 bits per heavy atom. The summed E-state index contributed by atoms with van der Waals surface area (Å²) in [5, 5.41) is 3.07. The van der Waals surface area contributed by atoms with Crippen LogP contribution in [0.4, 0.5) is 0 Å². The first-order valence-corrected chi connectivity index (χ1v) is 7.22. The predicted octanol–water partition coefficient (Wildman–Crippen LogP) is 0.595. The van der Waals surface area contributed by atoms with Crippen LogP contribution < -0.4 is 16.6 Å². The van der Waals surface area contributed by atoms with Crippen LogP contribution in [0.25, 0.3) is 0 Å². The zero-order chi connectivity index (χ0) is 14.3. The van der Waals surface area contributed by atoms with Crippen LogP contribution in [-0.2, 0) is 4.79 Å². The Hall–Kier alpha value is -1.30. The van der Waals surface area contributed by atoms with E-state index < -0.39 is 0 Å². The van der Waals surface area contributed by atoms with Gasteiger partial charge in [-0.1, -0.05) is 12.8 Å². The monoisotopic (exact) mass is 269 g/mol. The van der Waals surface area contributed by atoms with Gasteiger partial charge in [0.05, 0.1) is 6.04 Å². The highest BCUT2D eigenvalue weighted by Crippen LogP contribution is 2.20. The standard InChI is InChI=1S/C13H27N5O/c1-4-18(5-2)12(19)10(3)15-13(17-14)16-11-8-6-7-9-11/h10-11H,4-9,14H2,1-3H3,(H2,15,16,17). The van der Waals surface area contributed by atoms with Gasteiger partial charge in [-0.3, -0.25) is 10.2 Å². The lowest BCUT2D eigenvalue weighted by Crippen LogP contribution is -2.52. The van der Waals surface area contributed by atoms with Gasteiger partial charge in [0.1, 0.15) is 6.04 Å². The van der Waals surface area contributed by atoms with Gasteiger partial charge in [0, 0.05) is 13.1 Å². The molecule has 0 aromatic heterocycles. The maximum absolute atomic E-state index is 12.1. The molecular formula is C13H27N5O. The molecule has 0 aromatic rings. The van der Waals surface area contributed by atoms with E-state index in [4.69, 9.17) is 5.84 Å². The van der Waals surface area contributed by atoms with Crippen molar-refractivity contribution in [2.45, 2.75) is 58.5 Å². The molecule has 0 aromatic carbocycles. The molecule has 19 heavy (non-hydrogen) atoms. The van der Waals surface area contributed by atoms with E-state index in [2.05, 4.69) is 15.7 Å². The van der Waals surface area contributed by atoms with Gasteiger partial charge >= 0.3 is 0 Å². The van der Waals surface area contributed by atoms with Crippen LogP contribution >= 0.6 is 0 Å². The van der Waals surface area contributed by atoms with Crippen molar-refractivity contribution in [3.63, 3.8) is 0 Å². The number of hydrogen-bond acceptors (Lipinski definition) is 3. The highest BCUT2D eigenvalue weighted by molar-refractivity contribution is 5.88. The normalized spacial score (nSPS) is 18.2. The summed E-state index contributed by atoms with van der Waals surface area (Å²) in [6, 6.07) is 0.00501. The number of hydrogen-bond donors (Lipinski definition) is 3. The van der Waals surface area contributed by atoms with Gasteiger partial charge in [-0.25, -0.2) is 10.8 Å². The Morgan fingerprint density at radius 1 is 1.37 bits per heavy atom. The van der Waals surface area contributed by atoms with E-state index in [9.17, 15) is 4.79 Å². The molecule has 110 valence electrons. The number of amides is 1. The van der Waals surface area contributed by atoms with Gasteiger partial charge in [-0.05, 0) is 33.6 Å². The average molecular weight is 269 g/mol. The molecule has 6 nitrogen and oxygen atoms in total. The second-order valence-electron chi connectivity index (χ2n) is 4.94. The molecule has 1 unspecified atom stereocenters. The number of likely N-dealkylation sites (N-methyl/N-ethyl adjacent to an activating group) is 1. The second-order valence-corrected chi connectivity index (χ2v) is 4.94. The van der Waals surface area contributed by atoms with Gasteiger partial charge in [0.25, 0.3) is 0 Å². The second kappa shape index (κ2) is 7.99. The first-order valence-electron chi connectivity index (χ1n) is 7.22. The van der Waals surface area contributed by atoms with E-state index in [0.29, 0.717) is 25.1 Å². The first-order chi connectivity index (χ1) is 9.12. The van der Waals surface area contributed by atoms with Crippen LogP contribution in [0.3, 0.4) is 0 Å². The highest BCUT2D eigenvalue weighted by atomic mass is 16.2. The molecular weight excluding hydrogens is 242 g/mol. The zero-order valence-electron chi connectivity index (χ0n) is 12.3. The van der Waals surface area contributed by atoms with E-state index in [1.165, 1.54) is 12.8 Å². The summed E-state index contributed by atoms with van der Waals surface area (Å²) in [4.78, 5) is 18.5. The Bertz CT molecular complexity index is 308. The number of nitrogens with zero attached hydrogens (tertiary/aromatic N) is 2. The lowest BCUT2D eigenvalue weighted by atomic mass is 10.2. The van der Waals surface area contributed by atoms with Crippen molar-refractivity contribution in [2.75, 3.05) is 13.1 Å². The van der Waals surface area contributed by atoms with E-state index in [1.807, 2.05) is 20.8 Å². The molecule has 0 heterocycles. The summed E-state index contributed by atoms with van der Waals surface area (Å²) in [5.74, 6) is 6.05. The van der Waals surface area contributed by atoms with E-state index >= 15 is 0 Å². The Balaban J connectivity index is 2.56. The smallest absolute Gasteiger partial charge is 0.244 e. The Morgan fingerprint density at radius 3 is 2.42 bits per heavy atom. The summed E-state index contributed by atoms with van der Waals surface area (Å²) in [6.45, 7) is 7.22. The summed E-state index contributed by atoms with van der Waals surface area (Å²) in [7, 11) is 0. The van der Waals surface area contributed by atoms with Crippen LogP contribution in [0.2, 0.25) is 0 Å². The van der Waals surface area contributed by atoms with E-state index in [0.717, 1.165) is 12.8 Å². The van der Waals surface area contributed by atoms with E-state index in [1.54, 1.807) is 4.90 Å². The van der Waals surface area contributed by atoms with Gasteiger partial charge in [-0.15, -0.1) is 0 Å². The molecule has 1 saturated carbocycles. The topological polar surface area (TPSA) is 82.8 Å². The molecule has 1 aliphatic rings. The van der Waals surface area contributed by atoms with Crippen LogP contribution in [0.5, 0.6) is 0 Å². The zero-order valence-corrected chi connectivity index (χ0v) is 12.3. The van der Waals surface area contributed by atoms with Crippen molar-refractivity contribution in [3.8, 4) is 0 Å². The van der Waals surface area contributed by atoms with Crippen molar-refractivity contribution in [3.05, 3.63) is 0 Å². The molecule has 1 fully saturated rings. The minimum Gasteiger partial charge on any atom is -0.344 e. The molecule has 1 aliphatic carbocycles. The lowest BCUT2D eigenvalue weighted by Gasteiger charge is -2.24. The molecule has 0 aliphatic heterocycles. The lowest BCUT2D eigenvalue weighted by molar-refractivity contribution is -0.132. The molecule has 0 spiro atoms. The van der Waals surface area contributed by atoms with Crippen molar-refractivity contribution >= 4 is 11.9 Å². The SMILES string of the molecule is CCN(CC)C(=O)C(C)NC(=NC1CCCC1)NN. The third-order valence-electron chi connectivity index (χ3n) is 3.57. The quantitative estimate of drug-likeness (QED) is 0.295. The van der Waals surface area contributed by atoms with Gasteiger partial charge in [0.15, 0.2) is 0 Å². The fraction of sp³-hybridized carbons (Fsp3) is 0.846. The number of aliphatic imine (C=N–C) groups is 1. The molecule has 0 bridgehead atoms. The van der Waals surface area contributed by atoms with Gasteiger partial charge < -0.3 is 10.2 Å². The fourth-order valence-corrected chi connectivity index (χ4v) is 2.41. The number of carbonyl (C=O) groups excluding carboxylic acids is 1. The highest BCUT2D eigenvalue weighted by Gasteiger charge is 2.20. The largest absolute Gasteiger partial charge is 0.344 e. The Labute approximate surface area is 115 Å². The minimum atomic E-state index is -0.323. The van der Waals surface area contributed by atoms with Crippen LogP contribution in [0.1, 0.15) is 46.5 Å². The van der Waals surface area contributed by atoms with Crippen molar-refractivity contribution in [2.24, 2.45) is 10.8 Å². The number of nitrogens with one attached hydrogen (secondary N) is 2. The van der Waals surface area contributed by atoms with E-state index in [-0.39, 0.29) is 11.9 Å². The molecule has 6 heteroatoms. The van der Waals surface area contributed by atoms with Crippen LogP contribution in [0.15, 0.2) is 4.99 Å². The third kappa shape index (κ3) is 4.70. The molecule has 1 rings (SSSR count). The minimum absolute atomic E-state index is 0.0689. The molecule has 1 amide bonds. The fourth-order valence-electron chi connectivity index (χ4n) is 2.41. The number of carbonyl (C=O) groups is 1.